The second-order valence-electron chi connectivity index (χ2n) is 5.43. The summed E-state index contributed by atoms with van der Waals surface area (Å²) in [6.45, 7) is 2.58. The van der Waals surface area contributed by atoms with Crippen LogP contribution in [0.1, 0.15) is 13.3 Å². The van der Waals surface area contributed by atoms with Crippen molar-refractivity contribution in [1.82, 2.24) is 9.97 Å². The number of nitrogens with two attached hydrogens (primary N) is 1. The fraction of sp³-hybridized carbons (Fsp3) is 0.222. The molecule has 0 spiro atoms. The van der Waals surface area contributed by atoms with Crippen molar-refractivity contribution in [2.75, 3.05) is 19.5 Å². The van der Waals surface area contributed by atoms with Crippen LogP contribution in [0.15, 0.2) is 30.5 Å². The predicted molar refractivity (Wildman–Crippen MR) is 102 cm³/mol. The molecule has 0 amide bonds. The molecule has 25 heavy (non-hydrogen) atoms. The summed E-state index contributed by atoms with van der Waals surface area (Å²) in [5.74, 6) is 1.27. The number of halogens is 2. The standard InChI is InChI=1S/C18H17Cl2N3O2/c1-3-6-25-14-8-13(24-2)16(19)15(17(14)20)10-4-5-12-11(7-10)9-22-18(21)23-12/h4-5,7-9H,3,6H2,1-2H3,(H2,21,22,23). The zero-order valence-corrected chi connectivity index (χ0v) is 15.4. The lowest BCUT2D eigenvalue weighted by Gasteiger charge is -2.16. The number of hydrogen-bond acceptors (Lipinski definition) is 5. The highest BCUT2D eigenvalue weighted by molar-refractivity contribution is 6.41. The lowest BCUT2D eigenvalue weighted by molar-refractivity contribution is 0.315. The number of fused-ring (bicyclic) bond motifs is 1. The van der Waals surface area contributed by atoms with Gasteiger partial charge in [0.05, 0.1) is 29.3 Å². The van der Waals surface area contributed by atoms with E-state index in [4.69, 9.17) is 38.4 Å². The monoisotopic (exact) mass is 377 g/mol. The Morgan fingerprint density at radius 3 is 2.60 bits per heavy atom. The SMILES string of the molecule is CCCOc1cc(OC)c(Cl)c(-c2ccc3nc(N)ncc3c2)c1Cl. The maximum Gasteiger partial charge on any atom is 0.220 e. The van der Waals surface area contributed by atoms with Crippen LogP contribution in [0, 0.1) is 0 Å². The highest BCUT2D eigenvalue weighted by Crippen LogP contribution is 2.46. The van der Waals surface area contributed by atoms with Gasteiger partial charge in [0.2, 0.25) is 5.95 Å². The Morgan fingerprint density at radius 2 is 1.88 bits per heavy atom. The summed E-state index contributed by atoms with van der Waals surface area (Å²) in [6, 6.07) is 7.34. The Balaban J connectivity index is 2.19. The topological polar surface area (TPSA) is 70.3 Å². The third kappa shape index (κ3) is 3.43. The molecule has 2 aromatic carbocycles. The van der Waals surface area contributed by atoms with Crippen LogP contribution in [0.3, 0.4) is 0 Å². The van der Waals surface area contributed by atoms with Crippen molar-refractivity contribution in [3.8, 4) is 22.6 Å². The van der Waals surface area contributed by atoms with E-state index in [0.29, 0.717) is 33.7 Å². The molecule has 0 fully saturated rings. The Morgan fingerprint density at radius 1 is 1.12 bits per heavy atom. The Hall–Kier alpha value is -2.24. The van der Waals surface area contributed by atoms with Crippen molar-refractivity contribution >= 4 is 40.1 Å². The van der Waals surface area contributed by atoms with Crippen molar-refractivity contribution in [1.29, 1.82) is 0 Å². The summed E-state index contributed by atoms with van der Waals surface area (Å²) in [5, 5.41) is 1.69. The van der Waals surface area contributed by atoms with Crippen LogP contribution in [0.4, 0.5) is 5.95 Å². The van der Waals surface area contributed by atoms with Crippen LogP contribution in [0.5, 0.6) is 11.5 Å². The summed E-state index contributed by atoms with van der Waals surface area (Å²) >= 11 is 13.1. The van der Waals surface area contributed by atoms with Gasteiger partial charge in [-0.05, 0) is 24.1 Å². The lowest BCUT2D eigenvalue weighted by atomic mass is 10.0. The maximum atomic E-state index is 6.57. The molecule has 0 unspecified atom stereocenters. The molecule has 0 aliphatic carbocycles. The van der Waals surface area contributed by atoms with Crippen molar-refractivity contribution in [2.45, 2.75) is 13.3 Å². The van der Waals surface area contributed by atoms with Crippen LogP contribution >= 0.6 is 23.2 Å². The number of nitrogen functional groups attached to an aromatic ring is 1. The first-order valence-electron chi connectivity index (χ1n) is 7.76. The molecule has 0 atom stereocenters. The summed E-state index contributed by atoms with van der Waals surface area (Å²) in [5.41, 5.74) is 7.83. The summed E-state index contributed by atoms with van der Waals surface area (Å²) in [7, 11) is 1.56. The molecule has 0 bridgehead atoms. The quantitative estimate of drug-likeness (QED) is 0.678. The van der Waals surface area contributed by atoms with E-state index in [1.165, 1.54) is 0 Å². The van der Waals surface area contributed by atoms with Crippen molar-refractivity contribution < 1.29 is 9.47 Å². The number of ether oxygens (including phenoxy) is 2. The van der Waals surface area contributed by atoms with Gasteiger partial charge in [-0.1, -0.05) is 36.2 Å². The minimum absolute atomic E-state index is 0.230. The van der Waals surface area contributed by atoms with E-state index in [1.807, 2.05) is 25.1 Å². The Kier molecular flexibility index (Phi) is 5.16. The van der Waals surface area contributed by atoms with E-state index in [2.05, 4.69) is 9.97 Å². The van der Waals surface area contributed by atoms with Crippen LogP contribution in [-0.2, 0) is 0 Å². The third-order valence-corrected chi connectivity index (χ3v) is 4.45. The highest BCUT2D eigenvalue weighted by Gasteiger charge is 2.19. The fourth-order valence-corrected chi connectivity index (χ4v) is 3.21. The van der Waals surface area contributed by atoms with Gasteiger partial charge >= 0.3 is 0 Å². The summed E-state index contributed by atoms with van der Waals surface area (Å²) in [4.78, 5) is 8.23. The molecule has 0 saturated carbocycles. The molecule has 7 heteroatoms. The Bertz CT molecular complexity index is 932. The van der Waals surface area contributed by atoms with Crippen LogP contribution < -0.4 is 15.2 Å². The van der Waals surface area contributed by atoms with Gasteiger partial charge in [0.15, 0.2) is 0 Å². The van der Waals surface area contributed by atoms with Crippen molar-refractivity contribution in [3.05, 3.63) is 40.5 Å². The van der Waals surface area contributed by atoms with Gasteiger partial charge in [0.1, 0.15) is 11.5 Å². The number of rotatable bonds is 5. The van der Waals surface area contributed by atoms with Gasteiger partial charge in [-0.25, -0.2) is 9.97 Å². The van der Waals surface area contributed by atoms with Crippen molar-refractivity contribution in [2.24, 2.45) is 0 Å². The molecule has 2 N–H and O–H groups in total. The molecule has 0 aliphatic heterocycles. The number of methoxy groups -OCH3 is 1. The van der Waals surface area contributed by atoms with E-state index in [-0.39, 0.29) is 5.95 Å². The Labute approximate surface area is 155 Å². The molecular formula is C18H17Cl2N3O2. The maximum absolute atomic E-state index is 6.57. The highest BCUT2D eigenvalue weighted by atomic mass is 35.5. The number of benzene rings is 2. The summed E-state index contributed by atoms with van der Waals surface area (Å²) in [6.07, 6.45) is 2.53. The van der Waals surface area contributed by atoms with Gasteiger partial charge < -0.3 is 15.2 Å². The zero-order valence-electron chi connectivity index (χ0n) is 13.8. The lowest BCUT2D eigenvalue weighted by Crippen LogP contribution is -1.99. The predicted octanol–water partition coefficient (Wildman–Crippen LogP) is 4.98. The molecule has 0 aliphatic rings. The molecule has 1 aromatic heterocycles. The van der Waals surface area contributed by atoms with E-state index in [1.54, 1.807) is 19.4 Å². The molecule has 1 heterocycles. The van der Waals surface area contributed by atoms with Gasteiger partial charge in [-0.2, -0.15) is 0 Å². The molecule has 3 rings (SSSR count). The molecule has 130 valence electrons. The van der Waals surface area contributed by atoms with Gasteiger partial charge in [0, 0.05) is 23.2 Å². The van der Waals surface area contributed by atoms with Gasteiger partial charge in [-0.15, -0.1) is 0 Å². The van der Waals surface area contributed by atoms with E-state index < -0.39 is 0 Å². The average molecular weight is 378 g/mol. The largest absolute Gasteiger partial charge is 0.495 e. The van der Waals surface area contributed by atoms with E-state index in [9.17, 15) is 0 Å². The zero-order chi connectivity index (χ0) is 18.0. The molecule has 0 radical (unpaired) electrons. The van der Waals surface area contributed by atoms with Crippen LogP contribution in [0.2, 0.25) is 10.0 Å². The van der Waals surface area contributed by atoms with E-state index >= 15 is 0 Å². The minimum Gasteiger partial charge on any atom is -0.495 e. The van der Waals surface area contributed by atoms with E-state index in [0.717, 1.165) is 22.9 Å². The fourth-order valence-electron chi connectivity index (χ4n) is 2.51. The minimum atomic E-state index is 0.230. The number of nitrogens with zero attached hydrogens (tertiary/aromatic N) is 2. The number of aromatic nitrogens is 2. The number of hydrogen-bond donors (Lipinski definition) is 1. The van der Waals surface area contributed by atoms with Crippen LogP contribution in [-0.4, -0.2) is 23.7 Å². The first-order valence-corrected chi connectivity index (χ1v) is 8.52. The molecule has 5 nitrogen and oxygen atoms in total. The normalized spacial score (nSPS) is 10.9. The smallest absolute Gasteiger partial charge is 0.220 e. The summed E-state index contributed by atoms with van der Waals surface area (Å²) < 4.78 is 11.1. The first kappa shape index (κ1) is 17.6. The second-order valence-corrected chi connectivity index (χ2v) is 6.19. The third-order valence-electron chi connectivity index (χ3n) is 3.70. The molecular weight excluding hydrogens is 361 g/mol. The van der Waals surface area contributed by atoms with Gasteiger partial charge in [0.25, 0.3) is 0 Å². The van der Waals surface area contributed by atoms with Crippen molar-refractivity contribution in [3.63, 3.8) is 0 Å². The van der Waals surface area contributed by atoms with Gasteiger partial charge in [-0.3, -0.25) is 0 Å². The number of anilines is 1. The average Bonchev–Trinajstić information content (AvgIpc) is 2.61. The first-order chi connectivity index (χ1) is 12.0. The second kappa shape index (κ2) is 7.33. The van der Waals surface area contributed by atoms with Crippen LogP contribution in [0.25, 0.3) is 22.0 Å². The molecule has 3 aromatic rings. The molecule has 0 saturated heterocycles.